The van der Waals surface area contributed by atoms with Crippen molar-refractivity contribution in [1.82, 2.24) is 4.98 Å². The summed E-state index contributed by atoms with van der Waals surface area (Å²) in [6.07, 6.45) is 3.04. The second-order valence-corrected chi connectivity index (χ2v) is 5.00. The highest BCUT2D eigenvalue weighted by Gasteiger charge is 2.02. The zero-order valence-corrected chi connectivity index (χ0v) is 12.0. The van der Waals surface area contributed by atoms with Crippen LogP contribution in [0.2, 0.25) is 5.02 Å². The van der Waals surface area contributed by atoms with E-state index in [1.165, 1.54) is 12.3 Å². The molecule has 0 aliphatic heterocycles. The van der Waals surface area contributed by atoms with Crippen molar-refractivity contribution in [3.05, 3.63) is 70.9 Å². The van der Waals surface area contributed by atoms with Crippen molar-refractivity contribution in [2.24, 2.45) is 5.10 Å². The van der Waals surface area contributed by atoms with Gasteiger partial charge in [0, 0.05) is 16.6 Å². The zero-order chi connectivity index (χ0) is 15.5. The predicted octanol–water partition coefficient (Wildman–Crippen LogP) is 4.61. The molecule has 0 atom stereocenters. The molecular weight excluding hydrogens is 308 g/mol. The normalized spacial score (nSPS) is 11.2. The number of hydrazone groups is 1. The fraction of sp³-hybridized carbons (Fsp3) is 0. The number of aromatic nitrogens is 1. The Balaban J connectivity index is 1.84. The molecule has 3 rings (SSSR count). The molecule has 1 aromatic heterocycles. The largest absolute Gasteiger partial charge is 0.278 e. The monoisotopic (exact) mass is 317 g/mol. The maximum absolute atomic E-state index is 13.1. The molecule has 2 aromatic carbocycles. The van der Waals surface area contributed by atoms with Crippen LogP contribution in [0.3, 0.4) is 0 Å². The van der Waals surface area contributed by atoms with Gasteiger partial charge in [-0.1, -0.05) is 17.7 Å². The molecule has 0 amide bonds. The van der Waals surface area contributed by atoms with Crippen LogP contribution in [0.4, 0.5) is 14.5 Å². The molecule has 3 aromatic rings. The Labute approximate surface area is 130 Å². The van der Waals surface area contributed by atoms with Crippen molar-refractivity contribution in [3.8, 4) is 0 Å². The molecule has 1 heterocycles. The van der Waals surface area contributed by atoms with Crippen molar-refractivity contribution < 1.29 is 8.78 Å². The molecule has 0 fully saturated rings. The second-order valence-electron chi connectivity index (χ2n) is 4.56. The van der Waals surface area contributed by atoms with Gasteiger partial charge in [-0.15, -0.1) is 0 Å². The second kappa shape index (κ2) is 6.07. The van der Waals surface area contributed by atoms with Crippen LogP contribution in [0.15, 0.2) is 53.8 Å². The maximum atomic E-state index is 13.1. The third-order valence-electron chi connectivity index (χ3n) is 3.05. The lowest BCUT2D eigenvalue weighted by Gasteiger charge is -2.05. The number of fused-ring (bicyclic) bond motifs is 1. The van der Waals surface area contributed by atoms with Gasteiger partial charge in [0.2, 0.25) is 0 Å². The van der Waals surface area contributed by atoms with E-state index >= 15 is 0 Å². The highest BCUT2D eigenvalue weighted by atomic mass is 35.5. The lowest BCUT2D eigenvalue weighted by molar-refractivity contribution is 0.508. The molecule has 6 heteroatoms. The van der Waals surface area contributed by atoms with Crippen LogP contribution in [-0.4, -0.2) is 11.2 Å². The number of rotatable bonds is 3. The van der Waals surface area contributed by atoms with Crippen molar-refractivity contribution in [3.63, 3.8) is 0 Å². The summed E-state index contributed by atoms with van der Waals surface area (Å²) in [5.41, 5.74) is 4.78. The SMILES string of the molecule is Fc1ccc(/C=N\Nc2ccnc3cc(Cl)ccc23)cc1F. The number of pyridine rings is 1. The highest BCUT2D eigenvalue weighted by Crippen LogP contribution is 2.24. The molecule has 0 saturated carbocycles. The Hall–Kier alpha value is -2.53. The molecule has 1 N–H and O–H groups in total. The first kappa shape index (κ1) is 14.4. The van der Waals surface area contributed by atoms with Gasteiger partial charge in [0.25, 0.3) is 0 Å². The first-order valence-electron chi connectivity index (χ1n) is 6.42. The summed E-state index contributed by atoms with van der Waals surface area (Å²) in [5, 5.41) is 5.49. The Kier molecular flexibility index (Phi) is 3.98. The number of hydrogen-bond acceptors (Lipinski definition) is 3. The smallest absolute Gasteiger partial charge is 0.159 e. The van der Waals surface area contributed by atoms with E-state index in [4.69, 9.17) is 11.6 Å². The van der Waals surface area contributed by atoms with Crippen LogP contribution in [0.5, 0.6) is 0 Å². The molecule has 0 spiro atoms. The van der Waals surface area contributed by atoms with E-state index in [0.717, 1.165) is 28.7 Å². The molecule has 0 radical (unpaired) electrons. The molecule has 110 valence electrons. The third kappa shape index (κ3) is 3.04. The van der Waals surface area contributed by atoms with Gasteiger partial charge in [0.15, 0.2) is 11.6 Å². The van der Waals surface area contributed by atoms with E-state index in [0.29, 0.717) is 10.6 Å². The average Bonchev–Trinajstić information content (AvgIpc) is 2.50. The van der Waals surface area contributed by atoms with Crippen molar-refractivity contribution in [2.75, 3.05) is 5.43 Å². The van der Waals surface area contributed by atoms with Gasteiger partial charge in [-0.2, -0.15) is 5.10 Å². The van der Waals surface area contributed by atoms with Crippen LogP contribution < -0.4 is 5.43 Å². The number of anilines is 1. The van der Waals surface area contributed by atoms with Crippen LogP contribution in [0.25, 0.3) is 10.9 Å². The van der Waals surface area contributed by atoms with Crippen LogP contribution in [-0.2, 0) is 0 Å². The molecule has 22 heavy (non-hydrogen) atoms. The van der Waals surface area contributed by atoms with Gasteiger partial charge in [0.05, 0.1) is 17.4 Å². The molecule has 0 bridgehead atoms. The average molecular weight is 318 g/mol. The number of nitrogens with zero attached hydrogens (tertiary/aromatic N) is 2. The van der Waals surface area contributed by atoms with E-state index in [2.05, 4.69) is 15.5 Å². The lowest BCUT2D eigenvalue weighted by Crippen LogP contribution is -1.94. The lowest BCUT2D eigenvalue weighted by atomic mass is 10.2. The summed E-state index contributed by atoms with van der Waals surface area (Å²) < 4.78 is 25.9. The summed E-state index contributed by atoms with van der Waals surface area (Å²) in [4.78, 5) is 4.22. The minimum atomic E-state index is -0.909. The Bertz CT molecular complexity index is 865. The van der Waals surface area contributed by atoms with Crippen LogP contribution in [0.1, 0.15) is 5.56 Å². The summed E-state index contributed by atoms with van der Waals surface area (Å²) in [5.74, 6) is -1.80. The van der Waals surface area contributed by atoms with Crippen molar-refractivity contribution in [2.45, 2.75) is 0 Å². The van der Waals surface area contributed by atoms with Crippen LogP contribution in [0, 0.1) is 11.6 Å². The highest BCUT2D eigenvalue weighted by molar-refractivity contribution is 6.31. The predicted molar refractivity (Wildman–Crippen MR) is 84.3 cm³/mol. The summed E-state index contributed by atoms with van der Waals surface area (Å²) in [6, 6.07) is 10.7. The maximum Gasteiger partial charge on any atom is 0.159 e. The number of benzene rings is 2. The van der Waals surface area contributed by atoms with E-state index < -0.39 is 11.6 Å². The van der Waals surface area contributed by atoms with Gasteiger partial charge in [-0.05, 0) is 42.0 Å². The number of hydrogen-bond donors (Lipinski definition) is 1. The summed E-state index contributed by atoms with van der Waals surface area (Å²) >= 11 is 5.93. The first-order valence-corrected chi connectivity index (χ1v) is 6.80. The van der Waals surface area contributed by atoms with Crippen LogP contribution >= 0.6 is 11.6 Å². The Morgan fingerprint density at radius 2 is 1.91 bits per heavy atom. The summed E-state index contributed by atoms with van der Waals surface area (Å²) in [7, 11) is 0. The minimum Gasteiger partial charge on any atom is -0.278 e. The molecule has 0 aliphatic rings. The third-order valence-corrected chi connectivity index (χ3v) is 3.28. The molecule has 0 aliphatic carbocycles. The minimum absolute atomic E-state index is 0.452. The molecule has 0 saturated heterocycles. The zero-order valence-electron chi connectivity index (χ0n) is 11.2. The summed E-state index contributed by atoms with van der Waals surface area (Å²) in [6.45, 7) is 0. The number of nitrogens with one attached hydrogen (secondary N) is 1. The van der Waals surface area contributed by atoms with E-state index in [1.807, 2.05) is 6.07 Å². The quantitative estimate of drug-likeness (QED) is 0.565. The standard InChI is InChI=1S/C16H10ClF2N3/c17-11-2-3-12-15(5-6-20-16(12)8-11)22-21-9-10-1-4-13(18)14(19)7-10/h1-9H,(H,20,22)/b21-9-. The van der Waals surface area contributed by atoms with Gasteiger partial charge in [-0.25, -0.2) is 8.78 Å². The van der Waals surface area contributed by atoms with E-state index in [9.17, 15) is 8.78 Å². The van der Waals surface area contributed by atoms with Crippen molar-refractivity contribution in [1.29, 1.82) is 0 Å². The molecule has 0 unspecified atom stereocenters. The topological polar surface area (TPSA) is 37.3 Å². The van der Waals surface area contributed by atoms with Gasteiger partial charge in [0.1, 0.15) is 0 Å². The Morgan fingerprint density at radius 3 is 2.73 bits per heavy atom. The van der Waals surface area contributed by atoms with Gasteiger partial charge >= 0.3 is 0 Å². The van der Waals surface area contributed by atoms with E-state index in [-0.39, 0.29) is 0 Å². The number of halogens is 3. The van der Waals surface area contributed by atoms with Gasteiger partial charge in [-0.3, -0.25) is 10.4 Å². The molecular formula is C16H10ClF2N3. The fourth-order valence-corrected chi connectivity index (χ4v) is 2.15. The van der Waals surface area contributed by atoms with E-state index in [1.54, 1.807) is 24.4 Å². The molecule has 3 nitrogen and oxygen atoms in total. The fourth-order valence-electron chi connectivity index (χ4n) is 1.99. The first-order chi connectivity index (χ1) is 10.6. The van der Waals surface area contributed by atoms with Crippen molar-refractivity contribution >= 4 is 34.4 Å². The van der Waals surface area contributed by atoms with Gasteiger partial charge < -0.3 is 0 Å². The Morgan fingerprint density at radius 1 is 1.05 bits per heavy atom.